The molecule has 6 N–H and O–H groups in total. The summed E-state index contributed by atoms with van der Waals surface area (Å²) in [5.41, 5.74) is 7.99. The Morgan fingerprint density at radius 2 is 2.00 bits per heavy atom. The minimum atomic E-state index is -1.88. The van der Waals surface area contributed by atoms with Gasteiger partial charge in [-0.15, -0.1) is 0 Å². The highest BCUT2D eigenvalue weighted by molar-refractivity contribution is 6.01. The van der Waals surface area contributed by atoms with Crippen molar-refractivity contribution in [2.75, 3.05) is 56.0 Å². The number of nitrogens with one attached hydrogen (secondary N) is 4. The number of carbonyl (C=O) groups excluding carboxylic acids is 1. The Morgan fingerprint density at radius 3 is 2.58 bits per heavy atom. The standard InChI is InChI=1S/C15H25FN8O2/c1-5-26-14(25)11(16)21-6-7-24-10-8(22-15(24)20-4)12(17)23-13(19-3)9(10)18-2/h11,18,21H,5-7H2,1-4H3,(H,20,22)(H3,17,19,23). The first kappa shape index (κ1) is 19.5. The van der Waals surface area contributed by atoms with Gasteiger partial charge < -0.3 is 31.0 Å². The van der Waals surface area contributed by atoms with Crippen LogP contribution in [0.2, 0.25) is 0 Å². The summed E-state index contributed by atoms with van der Waals surface area (Å²) in [4.78, 5) is 20.1. The smallest absolute Gasteiger partial charge is 0.356 e. The van der Waals surface area contributed by atoms with Crippen LogP contribution in [0.3, 0.4) is 0 Å². The van der Waals surface area contributed by atoms with Crippen LogP contribution >= 0.6 is 0 Å². The average Bonchev–Trinajstić information content (AvgIpc) is 3.01. The largest absolute Gasteiger partial charge is 0.463 e. The molecule has 0 bridgehead atoms. The fraction of sp³-hybridized carbons (Fsp3) is 0.533. The molecule has 2 heterocycles. The Kier molecular flexibility index (Phi) is 6.39. The van der Waals surface area contributed by atoms with Crippen LogP contribution in [0.15, 0.2) is 0 Å². The minimum Gasteiger partial charge on any atom is -0.463 e. The number of fused-ring (bicyclic) bond motifs is 1. The minimum absolute atomic E-state index is 0.127. The zero-order chi connectivity index (χ0) is 19.3. The highest BCUT2D eigenvalue weighted by Crippen LogP contribution is 2.34. The maximum Gasteiger partial charge on any atom is 0.356 e. The Labute approximate surface area is 150 Å². The number of halogens is 1. The molecule has 144 valence electrons. The normalized spacial score (nSPS) is 12.0. The summed E-state index contributed by atoms with van der Waals surface area (Å²) in [6, 6.07) is 0. The lowest BCUT2D eigenvalue weighted by molar-refractivity contribution is -0.150. The summed E-state index contributed by atoms with van der Waals surface area (Å²) in [6.45, 7) is 2.27. The lowest BCUT2D eigenvalue weighted by Crippen LogP contribution is -2.36. The summed E-state index contributed by atoms with van der Waals surface area (Å²) < 4.78 is 20.2. The number of hydrogen-bond donors (Lipinski definition) is 5. The van der Waals surface area contributed by atoms with Gasteiger partial charge in [0.2, 0.25) is 12.2 Å². The first-order valence-electron chi connectivity index (χ1n) is 8.25. The molecule has 0 aliphatic carbocycles. The number of pyridine rings is 1. The van der Waals surface area contributed by atoms with Crippen molar-refractivity contribution >= 4 is 40.3 Å². The SMILES string of the molecule is CCOC(=O)C(F)NCCn1c(NC)nc2c(N)nc(NC)c(NC)c21. The van der Waals surface area contributed by atoms with Gasteiger partial charge in [0.1, 0.15) is 16.7 Å². The molecular formula is C15H25FN8O2. The number of ether oxygens (including phenoxy) is 1. The Hall–Kier alpha value is -2.82. The lowest BCUT2D eigenvalue weighted by atomic mass is 10.3. The molecule has 10 nitrogen and oxygen atoms in total. The predicted octanol–water partition coefficient (Wildman–Crippen LogP) is 0.587. The molecule has 0 fully saturated rings. The van der Waals surface area contributed by atoms with Crippen molar-refractivity contribution in [2.24, 2.45) is 0 Å². The fourth-order valence-corrected chi connectivity index (χ4v) is 2.65. The van der Waals surface area contributed by atoms with Crippen LogP contribution in [0.25, 0.3) is 11.0 Å². The predicted molar refractivity (Wildman–Crippen MR) is 100 cm³/mol. The molecule has 0 saturated carbocycles. The van der Waals surface area contributed by atoms with Crippen LogP contribution in [0.5, 0.6) is 0 Å². The van der Waals surface area contributed by atoms with E-state index in [2.05, 4.69) is 36.0 Å². The van der Waals surface area contributed by atoms with Gasteiger partial charge in [-0.2, -0.15) is 0 Å². The fourth-order valence-electron chi connectivity index (χ4n) is 2.65. The Balaban J connectivity index is 2.33. The first-order chi connectivity index (χ1) is 12.5. The molecule has 0 aliphatic heterocycles. The van der Waals surface area contributed by atoms with Gasteiger partial charge in [0, 0.05) is 34.2 Å². The number of imidazole rings is 1. The third kappa shape index (κ3) is 3.72. The highest BCUT2D eigenvalue weighted by Gasteiger charge is 2.21. The van der Waals surface area contributed by atoms with Crippen molar-refractivity contribution in [3.05, 3.63) is 0 Å². The molecular weight excluding hydrogens is 343 g/mol. The monoisotopic (exact) mass is 368 g/mol. The molecule has 0 amide bonds. The number of nitrogens with zero attached hydrogens (tertiary/aromatic N) is 3. The van der Waals surface area contributed by atoms with Gasteiger partial charge in [0.05, 0.1) is 6.61 Å². The number of carbonyl (C=O) groups is 1. The van der Waals surface area contributed by atoms with Gasteiger partial charge in [-0.3, -0.25) is 5.32 Å². The molecule has 1 atom stereocenters. The lowest BCUT2D eigenvalue weighted by Gasteiger charge is -2.15. The number of hydrogen-bond acceptors (Lipinski definition) is 9. The van der Waals surface area contributed by atoms with Crippen LogP contribution in [0.4, 0.5) is 27.7 Å². The number of esters is 1. The zero-order valence-electron chi connectivity index (χ0n) is 15.3. The second-order valence-electron chi connectivity index (χ2n) is 5.32. The third-order valence-corrected chi connectivity index (χ3v) is 3.78. The second kappa shape index (κ2) is 8.52. The molecule has 2 aromatic heterocycles. The molecule has 2 aromatic rings. The Morgan fingerprint density at radius 1 is 1.27 bits per heavy atom. The summed E-state index contributed by atoms with van der Waals surface area (Å²) >= 11 is 0. The quantitative estimate of drug-likeness (QED) is 0.319. The molecule has 11 heteroatoms. The number of nitrogens with two attached hydrogens (primary N) is 1. The molecule has 2 rings (SSSR count). The number of rotatable bonds is 9. The maximum atomic E-state index is 13.8. The van der Waals surface area contributed by atoms with Gasteiger partial charge in [-0.1, -0.05) is 0 Å². The number of aromatic nitrogens is 3. The van der Waals surface area contributed by atoms with Crippen LogP contribution in [0, 0.1) is 0 Å². The number of anilines is 4. The molecule has 0 saturated heterocycles. The van der Waals surface area contributed by atoms with Crippen LogP contribution in [-0.2, 0) is 16.1 Å². The second-order valence-corrected chi connectivity index (χ2v) is 5.32. The van der Waals surface area contributed by atoms with Crippen LogP contribution < -0.4 is 27.0 Å². The topological polar surface area (TPSA) is 131 Å². The summed E-state index contributed by atoms with van der Waals surface area (Å²) in [5.74, 6) is 0.468. The van der Waals surface area contributed by atoms with Crippen molar-refractivity contribution in [1.82, 2.24) is 19.9 Å². The van der Waals surface area contributed by atoms with Gasteiger partial charge >= 0.3 is 5.97 Å². The van der Waals surface area contributed by atoms with E-state index in [9.17, 15) is 9.18 Å². The van der Waals surface area contributed by atoms with E-state index >= 15 is 0 Å². The van der Waals surface area contributed by atoms with Crippen molar-refractivity contribution in [1.29, 1.82) is 0 Å². The van der Waals surface area contributed by atoms with Crippen LogP contribution in [0.1, 0.15) is 6.92 Å². The molecule has 0 radical (unpaired) electrons. The van der Waals surface area contributed by atoms with E-state index in [0.717, 1.165) is 5.52 Å². The first-order valence-corrected chi connectivity index (χ1v) is 8.25. The molecule has 1 unspecified atom stereocenters. The highest BCUT2D eigenvalue weighted by atomic mass is 19.1. The average molecular weight is 368 g/mol. The van der Waals surface area contributed by atoms with Crippen molar-refractivity contribution < 1.29 is 13.9 Å². The van der Waals surface area contributed by atoms with E-state index in [1.165, 1.54) is 0 Å². The molecule has 0 spiro atoms. The van der Waals surface area contributed by atoms with E-state index in [4.69, 9.17) is 5.73 Å². The van der Waals surface area contributed by atoms with Crippen molar-refractivity contribution in [3.8, 4) is 0 Å². The summed E-state index contributed by atoms with van der Waals surface area (Å²) in [6.07, 6.45) is -1.88. The van der Waals surface area contributed by atoms with E-state index in [0.29, 0.717) is 29.5 Å². The van der Waals surface area contributed by atoms with Crippen molar-refractivity contribution in [3.63, 3.8) is 0 Å². The zero-order valence-corrected chi connectivity index (χ0v) is 15.3. The van der Waals surface area contributed by atoms with Gasteiger partial charge in [0.25, 0.3) is 0 Å². The summed E-state index contributed by atoms with van der Waals surface area (Å²) in [7, 11) is 5.23. The van der Waals surface area contributed by atoms with E-state index in [1.54, 1.807) is 28.1 Å². The number of nitrogen functional groups attached to an aromatic ring is 1. The third-order valence-electron chi connectivity index (χ3n) is 3.78. The van der Waals surface area contributed by atoms with E-state index < -0.39 is 12.3 Å². The maximum absolute atomic E-state index is 13.8. The molecule has 0 aromatic carbocycles. The van der Waals surface area contributed by atoms with Crippen molar-refractivity contribution in [2.45, 2.75) is 19.8 Å². The summed E-state index contributed by atoms with van der Waals surface area (Å²) in [5, 5.41) is 11.6. The van der Waals surface area contributed by atoms with Crippen LogP contribution in [-0.4, -0.2) is 61.1 Å². The molecule has 0 aliphatic rings. The van der Waals surface area contributed by atoms with E-state index in [1.807, 2.05) is 4.57 Å². The van der Waals surface area contributed by atoms with E-state index in [-0.39, 0.29) is 19.0 Å². The molecule has 26 heavy (non-hydrogen) atoms. The Bertz CT molecular complexity index is 779. The van der Waals surface area contributed by atoms with Gasteiger partial charge in [-0.25, -0.2) is 19.2 Å². The number of alkyl halides is 1. The van der Waals surface area contributed by atoms with Gasteiger partial charge in [-0.05, 0) is 6.92 Å². The van der Waals surface area contributed by atoms with Gasteiger partial charge in [0.15, 0.2) is 11.6 Å².